The lowest BCUT2D eigenvalue weighted by molar-refractivity contribution is -0.128. The summed E-state index contributed by atoms with van der Waals surface area (Å²) < 4.78 is 12.9. The van der Waals surface area contributed by atoms with Crippen LogP contribution in [-0.2, 0) is 11.3 Å². The molecule has 4 N–H and O–H groups in total. The van der Waals surface area contributed by atoms with E-state index in [1.54, 1.807) is 17.4 Å². The fourth-order valence-corrected chi connectivity index (χ4v) is 7.86. The maximum atomic E-state index is 13.2. The fraction of sp³-hybridized carbons (Fsp3) is 0.485. The number of phenolic OH excluding ortho intramolecular Hbond substituents is 1. The summed E-state index contributed by atoms with van der Waals surface area (Å²) in [5.41, 5.74) is 2.36. The molecule has 246 valence electrons. The highest BCUT2D eigenvalue weighted by atomic mass is 32.1. The highest BCUT2D eigenvalue weighted by Crippen LogP contribution is 2.33. The Labute approximate surface area is 275 Å². The van der Waals surface area contributed by atoms with Gasteiger partial charge in [0.05, 0.1) is 34.6 Å². The summed E-state index contributed by atoms with van der Waals surface area (Å²) in [5.74, 6) is 1.10. The SMILES string of the molecule is CC(C)c1nc(C(=O)N2CCOC3(CCN(Cc4cccc(OCCNC[C@H](O)c5ccc(O)c6[nH]c(=O)sc56)c4)CC3)C2)cs1. The van der Waals surface area contributed by atoms with Gasteiger partial charge in [-0.3, -0.25) is 14.5 Å². The Morgan fingerprint density at radius 1 is 1.22 bits per heavy atom. The molecule has 13 heteroatoms. The van der Waals surface area contributed by atoms with Crippen molar-refractivity contribution in [3.05, 3.63) is 73.3 Å². The van der Waals surface area contributed by atoms with Crippen molar-refractivity contribution in [2.45, 2.75) is 50.9 Å². The van der Waals surface area contributed by atoms with Gasteiger partial charge in [0, 0.05) is 56.1 Å². The summed E-state index contributed by atoms with van der Waals surface area (Å²) in [4.78, 5) is 36.2. The van der Waals surface area contributed by atoms with Crippen molar-refractivity contribution >= 4 is 38.8 Å². The zero-order valence-corrected chi connectivity index (χ0v) is 27.8. The van der Waals surface area contributed by atoms with Crippen LogP contribution in [0.3, 0.4) is 0 Å². The van der Waals surface area contributed by atoms with Gasteiger partial charge in [0.25, 0.3) is 5.91 Å². The van der Waals surface area contributed by atoms with Crippen molar-refractivity contribution in [2.24, 2.45) is 0 Å². The van der Waals surface area contributed by atoms with Crippen LogP contribution in [0.5, 0.6) is 11.5 Å². The van der Waals surface area contributed by atoms with Crippen LogP contribution in [0.1, 0.15) is 65.3 Å². The minimum atomic E-state index is -0.833. The molecule has 1 spiro atoms. The Kier molecular flexibility index (Phi) is 10.1. The number of fused-ring (bicyclic) bond motifs is 1. The number of hydrogen-bond donors (Lipinski definition) is 4. The number of benzene rings is 2. The van der Waals surface area contributed by atoms with Gasteiger partial charge in [-0.2, -0.15) is 0 Å². The first kappa shape index (κ1) is 32.6. The first-order valence-electron chi connectivity index (χ1n) is 15.8. The Morgan fingerprint density at radius 3 is 2.83 bits per heavy atom. The second-order valence-corrected chi connectivity index (χ2v) is 14.2. The molecular formula is C33H41N5O6S2. The molecule has 2 fully saturated rings. The van der Waals surface area contributed by atoms with E-state index in [0.29, 0.717) is 60.2 Å². The molecule has 2 aromatic carbocycles. The van der Waals surface area contributed by atoms with E-state index in [9.17, 15) is 19.8 Å². The number of amides is 1. The molecule has 46 heavy (non-hydrogen) atoms. The van der Waals surface area contributed by atoms with E-state index >= 15 is 0 Å². The fourth-order valence-electron chi connectivity index (χ4n) is 6.14. The lowest BCUT2D eigenvalue weighted by Gasteiger charge is -2.47. The molecule has 11 nitrogen and oxygen atoms in total. The molecule has 1 amide bonds. The third-order valence-corrected chi connectivity index (χ3v) is 10.8. The average molecular weight is 668 g/mol. The molecule has 0 bridgehead atoms. The molecule has 2 saturated heterocycles. The number of phenols is 1. The third kappa shape index (κ3) is 7.45. The summed E-state index contributed by atoms with van der Waals surface area (Å²) in [6.45, 7) is 9.77. The minimum Gasteiger partial charge on any atom is -0.506 e. The number of rotatable bonds is 11. The van der Waals surface area contributed by atoms with E-state index in [1.807, 2.05) is 22.4 Å². The number of hydrogen-bond acceptors (Lipinski definition) is 11. The molecule has 2 aliphatic heterocycles. The van der Waals surface area contributed by atoms with Crippen molar-refractivity contribution in [2.75, 3.05) is 52.5 Å². The van der Waals surface area contributed by atoms with Crippen LogP contribution in [0, 0.1) is 0 Å². The number of carbonyl (C=O) groups excluding carboxylic acids is 1. The number of aliphatic hydroxyl groups is 1. The van der Waals surface area contributed by atoms with E-state index in [-0.39, 0.29) is 28.7 Å². The molecule has 4 aromatic rings. The van der Waals surface area contributed by atoms with Gasteiger partial charge in [-0.15, -0.1) is 11.3 Å². The number of aromatic amines is 1. The second-order valence-electron chi connectivity index (χ2n) is 12.4. The highest BCUT2D eigenvalue weighted by Gasteiger charge is 2.41. The van der Waals surface area contributed by atoms with Gasteiger partial charge in [-0.25, -0.2) is 4.98 Å². The molecule has 0 saturated carbocycles. The third-order valence-electron chi connectivity index (χ3n) is 8.67. The zero-order chi connectivity index (χ0) is 32.3. The number of aromatic nitrogens is 2. The summed E-state index contributed by atoms with van der Waals surface area (Å²) in [6.07, 6.45) is 0.911. The Hall–Kier alpha value is -3.33. The Morgan fingerprint density at radius 2 is 2.04 bits per heavy atom. The molecule has 4 heterocycles. The average Bonchev–Trinajstić information content (AvgIpc) is 3.70. The van der Waals surface area contributed by atoms with Crippen LogP contribution >= 0.6 is 22.7 Å². The summed E-state index contributed by atoms with van der Waals surface area (Å²) in [7, 11) is 0. The van der Waals surface area contributed by atoms with Gasteiger partial charge >= 0.3 is 4.87 Å². The smallest absolute Gasteiger partial charge is 0.305 e. The summed E-state index contributed by atoms with van der Waals surface area (Å²) in [5, 5.41) is 26.7. The van der Waals surface area contributed by atoms with E-state index in [1.165, 1.54) is 11.6 Å². The van der Waals surface area contributed by atoms with Crippen molar-refractivity contribution in [3.63, 3.8) is 0 Å². The molecule has 2 aliphatic rings. The van der Waals surface area contributed by atoms with Crippen molar-refractivity contribution in [3.8, 4) is 11.5 Å². The molecule has 1 atom stereocenters. The van der Waals surface area contributed by atoms with E-state index in [0.717, 1.165) is 54.6 Å². The number of ether oxygens (including phenoxy) is 2. The normalized spacial score (nSPS) is 17.6. The standard InChI is InChI=1S/C33H41N5O6S2/c1-21(2)30-35-25(19-45-30)31(41)38-13-15-44-33(20-38)8-11-37(12-9-33)18-22-4-3-5-23(16-22)43-14-10-34-17-27(40)24-6-7-26(39)28-29(24)46-32(42)36-28/h3-7,16,19,21,27,34,39-40H,8-15,17-18,20H2,1-2H3,(H,36,42)/t27-/m0/s1. The number of thiazole rings is 2. The van der Waals surface area contributed by atoms with Crippen molar-refractivity contribution in [1.82, 2.24) is 25.1 Å². The number of piperidine rings is 1. The number of carbonyl (C=O) groups is 1. The van der Waals surface area contributed by atoms with Crippen LogP contribution < -0.4 is 14.9 Å². The first-order chi connectivity index (χ1) is 22.2. The number of H-pyrrole nitrogens is 1. The summed E-state index contributed by atoms with van der Waals surface area (Å²) in [6, 6.07) is 11.2. The zero-order valence-electron chi connectivity index (χ0n) is 26.2. The second kappa shape index (κ2) is 14.2. The number of likely N-dealkylation sites (tertiary alicyclic amines) is 1. The van der Waals surface area contributed by atoms with Crippen molar-refractivity contribution < 1.29 is 24.5 Å². The topological polar surface area (TPSA) is 140 Å². The lowest BCUT2D eigenvalue weighted by Crippen LogP contribution is -2.58. The maximum Gasteiger partial charge on any atom is 0.305 e. The highest BCUT2D eigenvalue weighted by molar-refractivity contribution is 7.16. The molecule has 0 unspecified atom stereocenters. The lowest BCUT2D eigenvalue weighted by atomic mass is 9.89. The number of nitrogens with zero attached hydrogens (tertiary/aromatic N) is 3. The predicted octanol–water partition coefficient (Wildman–Crippen LogP) is 4.08. The number of morpholine rings is 1. The van der Waals surface area contributed by atoms with Crippen LogP contribution in [0.25, 0.3) is 10.2 Å². The molecule has 0 aliphatic carbocycles. The maximum absolute atomic E-state index is 13.2. The van der Waals surface area contributed by atoms with Gasteiger partial charge in [0.2, 0.25) is 0 Å². The molecule has 6 rings (SSSR count). The predicted molar refractivity (Wildman–Crippen MR) is 179 cm³/mol. The van der Waals surface area contributed by atoms with Gasteiger partial charge in [-0.05, 0) is 36.6 Å². The largest absolute Gasteiger partial charge is 0.506 e. The van der Waals surface area contributed by atoms with Gasteiger partial charge in [0.1, 0.15) is 29.3 Å². The van der Waals surface area contributed by atoms with Crippen LogP contribution in [0.15, 0.2) is 46.6 Å². The van der Waals surface area contributed by atoms with Gasteiger partial charge in [0.15, 0.2) is 0 Å². The first-order valence-corrected chi connectivity index (χ1v) is 17.5. The number of aromatic hydroxyl groups is 1. The number of aliphatic hydroxyl groups excluding tert-OH is 1. The Bertz CT molecular complexity index is 1710. The minimum absolute atomic E-state index is 0.00583. The van der Waals surface area contributed by atoms with E-state index in [2.05, 4.69) is 46.2 Å². The number of nitrogens with one attached hydrogen (secondary N) is 2. The Balaban J connectivity index is 0.941. The molecular weight excluding hydrogens is 627 g/mol. The quantitative estimate of drug-likeness (QED) is 0.174. The van der Waals surface area contributed by atoms with Crippen LogP contribution in [0.2, 0.25) is 0 Å². The van der Waals surface area contributed by atoms with Crippen LogP contribution in [-0.4, -0.2) is 94.0 Å². The molecule has 2 aromatic heterocycles. The summed E-state index contributed by atoms with van der Waals surface area (Å²) >= 11 is 2.53. The monoisotopic (exact) mass is 667 g/mol. The van der Waals surface area contributed by atoms with E-state index < -0.39 is 6.10 Å². The molecule has 0 radical (unpaired) electrons. The van der Waals surface area contributed by atoms with Crippen molar-refractivity contribution in [1.29, 1.82) is 0 Å². The van der Waals surface area contributed by atoms with E-state index in [4.69, 9.17) is 9.47 Å². The van der Waals surface area contributed by atoms with Gasteiger partial charge < -0.3 is 34.9 Å². The van der Waals surface area contributed by atoms with Gasteiger partial charge in [-0.1, -0.05) is 43.4 Å². The van der Waals surface area contributed by atoms with Crippen LogP contribution in [0.4, 0.5) is 0 Å².